The van der Waals surface area contributed by atoms with Crippen molar-refractivity contribution in [3.05, 3.63) is 35.6 Å². The van der Waals surface area contributed by atoms with Crippen LogP contribution in [0.15, 0.2) is 24.3 Å². The molecule has 1 rings (SSSR count). The minimum absolute atomic E-state index is 0.0623. The third kappa shape index (κ3) is 6.20. The molecule has 0 aromatic heterocycles. The van der Waals surface area contributed by atoms with Gasteiger partial charge in [0.1, 0.15) is 5.82 Å². The van der Waals surface area contributed by atoms with Crippen molar-refractivity contribution in [2.45, 2.75) is 32.2 Å². The summed E-state index contributed by atoms with van der Waals surface area (Å²) in [5.41, 5.74) is 0.920. The molecule has 106 valence electrons. The van der Waals surface area contributed by atoms with Crippen LogP contribution >= 0.6 is 0 Å². The summed E-state index contributed by atoms with van der Waals surface area (Å²) in [6, 6.07) is 5.97. The molecule has 0 radical (unpaired) electrons. The molecule has 0 aliphatic carbocycles. The first-order valence-corrected chi connectivity index (χ1v) is 6.55. The molecule has 5 heteroatoms. The summed E-state index contributed by atoms with van der Waals surface area (Å²) in [7, 11) is 0. The number of amides is 2. The first kappa shape index (κ1) is 15.4. The lowest BCUT2D eigenvalue weighted by atomic mass is 10.1. The topological polar surface area (TPSA) is 61.4 Å². The van der Waals surface area contributed by atoms with Crippen molar-refractivity contribution in [3.8, 4) is 0 Å². The van der Waals surface area contributed by atoms with Gasteiger partial charge >= 0.3 is 6.03 Å². The van der Waals surface area contributed by atoms with Gasteiger partial charge < -0.3 is 15.7 Å². The van der Waals surface area contributed by atoms with Crippen LogP contribution in [0.5, 0.6) is 0 Å². The van der Waals surface area contributed by atoms with Gasteiger partial charge in [-0.1, -0.05) is 19.1 Å². The molecule has 2 amide bonds. The number of halogens is 1. The molecule has 1 aromatic carbocycles. The molecule has 1 aromatic rings. The van der Waals surface area contributed by atoms with E-state index in [0.29, 0.717) is 13.0 Å². The zero-order chi connectivity index (χ0) is 14.1. The average molecular weight is 268 g/mol. The SMILES string of the molecule is CCC(CO)NC(=O)NCCCc1cccc(F)c1. The molecule has 0 heterocycles. The Balaban J connectivity index is 2.18. The molecule has 1 atom stereocenters. The van der Waals surface area contributed by atoms with Crippen LogP contribution in [0.1, 0.15) is 25.3 Å². The lowest BCUT2D eigenvalue weighted by Gasteiger charge is -2.14. The maximum Gasteiger partial charge on any atom is 0.315 e. The second kappa shape index (κ2) is 8.48. The molecule has 0 saturated carbocycles. The maximum absolute atomic E-state index is 12.9. The summed E-state index contributed by atoms with van der Waals surface area (Å²) < 4.78 is 12.9. The van der Waals surface area contributed by atoms with E-state index in [2.05, 4.69) is 10.6 Å². The van der Waals surface area contributed by atoms with Crippen molar-refractivity contribution in [3.63, 3.8) is 0 Å². The van der Waals surface area contributed by atoms with Crippen molar-refractivity contribution in [1.82, 2.24) is 10.6 Å². The zero-order valence-electron chi connectivity index (χ0n) is 11.2. The minimum atomic E-state index is -0.278. The summed E-state index contributed by atoms with van der Waals surface area (Å²) >= 11 is 0. The summed E-state index contributed by atoms with van der Waals surface area (Å²) in [5.74, 6) is -0.239. The maximum atomic E-state index is 12.9. The molecule has 1 unspecified atom stereocenters. The lowest BCUT2D eigenvalue weighted by Crippen LogP contribution is -2.43. The van der Waals surface area contributed by atoms with Crippen molar-refractivity contribution in [2.24, 2.45) is 0 Å². The summed E-state index contributed by atoms with van der Waals surface area (Å²) in [4.78, 5) is 11.4. The Bertz CT molecular complexity index is 395. The zero-order valence-corrected chi connectivity index (χ0v) is 11.2. The number of urea groups is 1. The first-order valence-electron chi connectivity index (χ1n) is 6.55. The van der Waals surface area contributed by atoms with Gasteiger partial charge in [-0.05, 0) is 37.0 Å². The fourth-order valence-electron chi connectivity index (χ4n) is 1.70. The predicted octanol–water partition coefficient (Wildman–Crippen LogP) is 1.83. The highest BCUT2D eigenvalue weighted by molar-refractivity contribution is 5.74. The van der Waals surface area contributed by atoms with Gasteiger partial charge in [0.2, 0.25) is 0 Å². The van der Waals surface area contributed by atoms with Crippen molar-refractivity contribution in [2.75, 3.05) is 13.2 Å². The van der Waals surface area contributed by atoms with E-state index in [1.165, 1.54) is 12.1 Å². The molecule has 0 spiro atoms. The van der Waals surface area contributed by atoms with Crippen LogP contribution in [0, 0.1) is 5.82 Å². The average Bonchev–Trinajstić information content (AvgIpc) is 2.41. The van der Waals surface area contributed by atoms with E-state index in [4.69, 9.17) is 5.11 Å². The van der Waals surface area contributed by atoms with Gasteiger partial charge in [-0.15, -0.1) is 0 Å². The van der Waals surface area contributed by atoms with E-state index in [-0.39, 0.29) is 24.5 Å². The molecule has 0 bridgehead atoms. The Morgan fingerprint density at radius 3 is 2.89 bits per heavy atom. The quantitative estimate of drug-likeness (QED) is 0.661. The first-order chi connectivity index (χ1) is 9.15. The van der Waals surface area contributed by atoms with E-state index < -0.39 is 0 Å². The van der Waals surface area contributed by atoms with E-state index in [0.717, 1.165) is 18.4 Å². The number of aliphatic hydroxyl groups excluding tert-OH is 1. The molecule has 19 heavy (non-hydrogen) atoms. The van der Waals surface area contributed by atoms with Crippen LogP contribution in [0.3, 0.4) is 0 Å². The number of aryl methyl sites for hydroxylation is 1. The fourth-order valence-corrected chi connectivity index (χ4v) is 1.70. The van der Waals surface area contributed by atoms with Gasteiger partial charge in [0, 0.05) is 6.54 Å². The Kier molecular flexibility index (Phi) is 6.89. The van der Waals surface area contributed by atoms with Gasteiger partial charge in [-0.3, -0.25) is 0 Å². The molecule has 0 aliphatic rings. The van der Waals surface area contributed by atoms with E-state index >= 15 is 0 Å². The molecule has 3 N–H and O–H groups in total. The van der Waals surface area contributed by atoms with Gasteiger partial charge in [0.25, 0.3) is 0 Å². The highest BCUT2D eigenvalue weighted by Crippen LogP contribution is 2.05. The van der Waals surface area contributed by atoms with Crippen molar-refractivity contribution >= 4 is 6.03 Å². The van der Waals surface area contributed by atoms with Crippen LogP contribution in [-0.4, -0.2) is 30.3 Å². The van der Waals surface area contributed by atoms with Gasteiger partial charge in [0.15, 0.2) is 0 Å². The number of nitrogens with one attached hydrogen (secondary N) is 2. The Morgan fingerprint density at radius 2 is 2.26 bits per heavy atom. The highest BCUT2D eigenvalue weighted by Gasteiger charge is 2.07. The molecule has 0 fully saturated rings. The van der Waals surface area contributed by atoms with Crippen LogP contribution in [0.25, 0.3) is 0 Å². The number of carbonyl (C=O) groups excluding carboxylic acids is 1. The largest absolute Gasteiger partial charge is 0.394 e. The van der Waals surface area contributed by atoms with Crippen LogP contribution in [-0.2, 0) is 6.42 Å². The van der Waals surface area contributed by atoms with Crippen molar-refractivity contribution in [1.29, 1.82) is 0 Å². The third-order valence-corrected chi connectivity index (χ3v) is 2.87. The summed E-state index contributed by atoms with van der Waals surface area (Å²) in [6.07, 6.45) is 2.15. The standard InChI is InChI=1S/C14H21FN2O2/c1-2-13(10-18)17-14(19)16-8-4-6-11-5-3-7-12(15)9-11/h3,5,7,9,13,18H,2,4,6,8,10H2,1H3,(H2,16,17,19). The van der Waals surface area contributed by atoms with Crippen molar-refractivity contribution < 1.29 is 14.3 Å². The number of hydrogen-bond donors (Lipinski definition) is 3. The number of carbonyl (C=O) groups is 1. The number of rotatable bonds is 7. The molecule has 4 nitrogen and oxygen atoms in total. The normalized spacial score (nSPS) is 11.9. The van der Waals surface area contributed by atoms with E-state index in [1.807, 2.05) is 13.0 Å². The van der Waals surface area contributed by atoms with E-state index in [9.17, 15) is 9.18 Å². The molecule has 0 saturated heterocycles. The minimum Gasteiger partial charge on any atom is -0.394 e. The van der Waals surface area contributed by atoms with Gasteiger partial charge in [-0.25, -0.2) is 9.18 Å². The van der Waals surface area contributed by atoms with Gasteiger partial charge in [-0.2, -0.15) is 0 Å². The summed E-state index contributed by atoms with van der Waals surface area (Å²) in [6.45, 7) is 2.35. The Labute approximate surface area is 113 Å². The Hall–Kier alpha value is -1.62. The van der Waals surface area contributed by atoms with Crippen LogP contribution in [0.4, 0.5) is 9.18 Å². The Morgan fingerprint density at radius 1 is 1.47 bits per heavy atom. The number of hydrogen-bond acceptors (Lipinski definition) is 2. The highest BCUT2D eigenvalue weighted by atomic mass is 19.1. The predicted molar refractivity (Wildman–Crippen MR) is 72.4 cm³/mol. The van der Waals surface area contributed by atoms with Crippen LogP contribution < -0.4 is 10.6 Å². The number of benzene rings is 1. The fraction of sp³-hybridized carbons (Fsp3) is 0.500. The molecule has 0 aliphatic heterocycles. The monoisotopic (exact) mass is 268 g/mol. The van der Waals surface area contributed by atoms with Crippen LogP contribution in [0.2, 0.25) is 0 Å². The number of aliphatic hydroxyl groups is 1. The smallest absolute Gasteiger partial charge is 0.315 e. The van der Waals surface area contributed by atoms with E-state index in [1.54, 1.807) is 6.07 Å². The lowest BCUT2D eigenvalue weighted by molar-refractivity contribution is 0.214. The third-order valence-electron chi connectivity index (χ3n) is 2.87. The second-order valence-electron chi connectivity index (χ2n) is 4.42. The van der Waals surface area contributed by atoms with Gasteiger partial charge in [0.05, 0.1) is 12.6 Å². The summed E-state index contributed by atoms with van der Waals surface area (Å²) in [5, 5.41) is 14.3. The molecular weight excluding hydrogens is 247 g/mol. The second-order valence-corrected chi connectivity index (χ2v) is 4.42. The molecular formula is C14H21FN2O2.